The average molecular weight is 238 g/mol. The van der Waals surface area contributed by atoms with Gasteiger partial charge >= 0.3 is 0 Å². The molecule has 90 valence electrons. The molecule has 0 radical (unpaired) electrons. The molecule has 0 saturated carbocycles. The van der Waals surface area contributed by atoms with Gasteiger partial charge in [-0.1, -0.05) is 0 Å². The van der Waals surface area contributed by atoms with Crippen LogP contribution in [0.4, 0.5) is 5.69 Å². The van der Waals surface area contributed by atoms with E-state index in [9.17, 15) is 5.26 Å². The molecule has 3 rings (SSSR count). The summed E-state index contributed by atoms with van der Waals surface area (Å²) in [7, 11) is 3.97. The Morgan fingerprint density at radius 2 is 2.11 bits per heavy atom. The molecule has 2 aromatic rings. The van der Waals surface area contributed by atoms with E-state index in [2.05, 4.69) is 29.2 Å². The summed E-state index contributed by atoms with van der Waals surface area (Å²) in [6, 6.07) is 6.43. The molecule has 18 heavy (non-hydrogen) atoms. The van der Waals surface area contributed by atoms with Crippen molar-refractivity contribution in [2.45, 2.75) is 6.42 Å². The van der Waals surface area contributed by atoms with Gasteiger partial charge in [0.25, 0.3) is 0 Å². The number of aromatic nitrogens is 2. The van der Waals surface area contributed by atoms with Gasteiger partial charge in [0.15, 0.2) is 0 Å². The number of likely N-dealkylation sites (N-methyl/N-ethyl adjacent to an activating group) is 1. The minimum Gasteiger partial charge on any atom is -0.374 e. The first kappa shape index (κ1) is 10.8. The molecule has 0 atom stereocenters. The van der Waals surface area contributed by atoms with Crippen molar-refractivity contribution in [1.29, 1.82) is 5.26 Å². The molecule has 1 aliphatic heterocycles. The lowest BCUT2D eigenvalue weighted by Gasteiger charge is -2.13. The maximum atomic E-state index is 9.28. The third-order valence-electron chi connectivity index (χ3n) is 3.49. The Bertz CT molecular complexity index is 648. The van der Waals surface area contributed by atoms with Gasteiger partial charge in [-0.15, -0.1) is 0 Å². The summed E-state index contributed by atoms with van der Waals surface area (Å²) in [5.74, 6) is 0. The highest BCUT2D eigenvalue weighted by molar-refractivity contribution is 5.75. The maximum absolute atomic E-state index is 9.28. The van der Waals surface area contributed by atoms with Crippen LogP contribution in [0.15, 0.2) is 24.5 Å². The molecule has 0 bridgehead atoms. The number of hydrogen-bond acceptors (Lipinski definition) is 3. The van der Waals surface area contributed by atoms with E-state index in [1.807, 2.05) is 25.5 Å². The van der Waals surface area contributed by atoms with E-state index < -0.39 is 0 Å². The SMILES string of the molecule is CN1CCc2c(C#N)cc(-c3cnn(C)c3)cc21. The number of fused-ring (bicyclic) bond motifs is 1. The Labute approximate surface area is 106 Å². The van der Waals surface area contributed by atoms with Gasteiger partial charge in [0.2, 0.25) is 0 Å². The van der Waals surface area contributed by atoms with Gasteiger partial charge in [-0.05, 0) is 29.7 Å². The molecule has 0 unspecified atom stereocenters. The molecular formula is C14H14N4. The number of anilines is 1. The molecular weight excluding hydrogens is 224 g/mol. The summed E-state index contributed by atoms with van der Waals surface area (Å²) in [6.45, 7) is 0.987. The Morgan fingerprint density at radius 3 is 2.78 bits per heavy atom. The van der Waals surface area contributed by atoms with Crippen LogP contribution in [-0.2, 0) is 13.5 Å². The second kappa shape index (κ2) is 3.88. The summed E-state index contributed by atoms with van der Waals surface area (Å²) >= 11 is 0. The quantitative estimate of drug-likeness (QED) is 0.762. The van der Waals surface area contributed by atoms with E-state index in [0.29, 0.717) is 0 Å². The van der Waals surface area contributed by atoms with Gasteiger partial charge in [-0.2, -0.15) is 10.4 Å². The lowest BCUT2D eigenvalue weighted by molar-refractivity contribution is 0.768. The fourth-order valence-corrected chi connectivity index (χ4v) is 2.50. The molecule has 0 N–H and O–H groups in total. The first-order valence-electron chi connectivity index (χ1n) is 5.96. The third-order valence-corrected chi connectivity index (χ3v) is 3.49. The summed E-state index contributed by atoms with van der Waals surface area (Å²) < 4.78 is 1.78. The molecule has 0 saturated heterocycles. The highest BCUT2D eigenvalue weighted by Gasteiger charge is 2.20. The molecule has 0 fully saturated rings. The number of hydrogen-bond donors (Lipinski definition) is 0. The van der Waals surface area contributed by atoms with Crippen molar-refractivity contribution in [3.8, 4) is 17.2 Å². The fourth-order valence-electron chi connectivity index (χ4n) is 2.50. The Balaban J connectivity index is 2.19. The lowest BCUT2D eigenvalue weighted by atomic mass is 9.99. The van der Waals surface area contributed by atoms with Crippen molar-refractivity contribution in [1.82, 2.24) is 9.78 Å². The van der Waals surface area contributed by atoms with Gasteiger partial charge in [0, 0.05) is 38.1 Å². The van der Waals surface area contributed by atoms with Gasteiger partial charge in [-0.3, -0.25) is 4.68 Å². The molecule has 1 aromatic carbocycles. The number of nitrogens with zero attached hydrogens (tertiary/aromatic N) is 4. The van der Waals surface area contributed by atoms with Crippen LogP contribution in [0.1, 0.15) is 11.1 Å². The van der Waals surface area contributed by atoms with E-state index in [4.69, 9.17) is 0 Å². The molecule has 0 amide bonds. The van der Waals surface area contributed by atoms with Gasteiger partial charge in [-0.25, -0.2) is 0 Å². The molecule has 4 nitrogen and oxygen atoms in total. The van der Waals surface area contributed by atoms with Crippen molar-refractivity contribution in [2.24, 2.45) is 7.05 Å². The molecule has 1 aliphatic rings. The lowest BCUT2D eigenvalue weighted by Crippen LogP contribution is -2.12. The fraction of sp³-hybridized carbons (Fsp3) is 0.286. The van der Waals surface area contributed by atoms with Crippen LogP contribution in [0.25, 0.3) is 11.1 Å². The Hall–Kier alpha value is -2.28. The van der Waals surface area contributed by atoms with Crippen LogP contribution in [0.3, 0.4) is 0 Å². The number of nitriles is 1. The van der Waals surface area contributed by atoms with Crippen LogP contribution in [0.2, 0.25) is 0 Å². The van der Waals surface area contributed by atoms with E-state index in [1.165, 1.54) is 11.3 Å². The van der Waals surface area contributed by atoms with Crippen molar-refractivity contribution >= 4 is 5.69 Å². The van der Waals surface area contributed by atoms with Crippen LogP contribution in [0.5, 0.6) is 0 Å². The van der Waals surface area contributed by atoms with Gasteiger partial charge in [0.05, 0.1) is 17.8 Å². The molecule has 2 heterocycles. The second-order valence-corrected chi connectivity index (χ2v) is 4.71. The minimum absolute atomic E-state index is 0.788. The van der Waals surface area contributed by atoms with Gasteiger partial charge < -0.3 is 4.90 Å². The number of benzene rings is 1. The largest absolute Gasteiger partial charge is 0.374 e. The monoisotopic (exact) mass is 238 g/mol. The van der Waals surface area contributed by atoms with Crippen LogP contribution in [-0.4, -0.2) is 23.4 Å². The highest BCUT2D eigenvalue weighted by Crippen LogP contribution is 2.34. The maximum Gasteiger partial charge on any atom is 0.0995 e. The Morgan fingerprint density at radius 1 is 1.28 bits per heavy atom. The smallest absolute Gasteiger partial charge is 0.0995 e. The van der Waals surface area contributed by atoms with Crippen LogP contribution >= 0.6 is 0 Å². The van der Waals surface area contributed by atoms with E-state index in [1.54, 1.807) is 4.68 Å². The normalized spacial score (nSPS) is 13.5. The van der Waals surface area contributed by atoms with Gasteiger partial charge in [0.1, 0.15) is 0 Å². The first-order valence-corrected chi connectivity index (χ1v) is 5.96. The number of rotatable bonds is 1. The highest BCUT2D eigenvalue weighted by atomic mass is 15.2. The predicted octanol–water partition coefficient (Wildman–Crippen LogP) is 1.95. The Kier molecular flexibility index (Phi) is 2.34. The zero-order valence-corrected chi connectivity index (χ0v) is 10.5. The second-order valence-electron chi connectivity index (χ2n) is 4.71. The van der Waals surface area contributed by atoms with E-state index >= 15 is 0 Å². The summed E-state index contributed by atoms with van der Waals surface area (Å²) in [6.07, 6.45) is 4.76. The molecule has 4 heteroatoms. The summed E-state index contributed by atoms with van der Waals surface area (Å²) in [4.78, 5) is 2.20. The van der Waals surface area contributed by atoms with Crippen molar-refractivity contribution in [2.75, 3.05) is 18.5 Å². The molecule has 1 aromatic heterocycles. The van der Waals surface area contributed by atoms with E-state index in [0.717, 1.165) is 29.7 Å². The van der Waals surface area contributed by atoms with Crippen molar-refractivity contribution < 1.29 is 0 Å². The zero-order chi connectivity index (χ0) is 12.7. The molecule has 0 spiro atoms. The van der Waals surface area contributed by atoms with E-state index in [-0.39, 0.29) is 0 Å². The standard InChI is InChI=1S/C14H14N4/c1-17-4-3-13-11(7-15)5-10(6-14(13)17)12-8-16-18(2)9-12/h5-6,8-9H,3-4H2,1-2H3. The molecule has 0 aliphatic carbocycles. The third kappa shape index (κ3) is 1.56. The van der Waals surface area contributed by atoms with Crippen molar-refractivity contribution in [3.05, 3.63) is 35.7 Å². The minimum atomic E-state index is 0.788. The van der Waals surface area contributed by atoms with Crippen LogP contribution < -0.4 is 4.90 Å². The predicted molar refractivity (Wildman–Crippen MR) is 70.3 cm³/mol. The summed E-state index contributed by atoms with van der Waals surface area (Å²) in [5, 5.41) is 13.5. The van der Waals surface area contributed by atoms with Crippen molar-refractivity contribution in [3.63, 3.8) is 0 Å². The van der Waals surface area contributed by atoms with Crippen LogP contribution in [0, 0.1) is 11.3 Å². The topological polar surface area (TPSA) is 44.9 Å². The first-order chi connectivity index (χ1) is 8.69. The summed E-state index contributed by atoms with van der Waals surface area (Å²) in [5.41, 5.74) is 5.25. The zero-order valence-electron chi connectivity index (χ0n) is 10.5. The number of aryl methyl sites for hydroxylation is 1. The average Bonchev–Trinajstić information content (AvgIpc) is 2.96.